The van der Waals surface area contributed by atoms with Crippen LogP contribution in [0.1, 0.15) is 21.0 Å². The van der Waals surface area contributed by atoms with Crippen molar-refractivity contribution >= 4 is 29.1 Å². The third-order valence-electron chi connectivity index (χ3n) is 3.47. The number of rotatable bonds is 7. The zero-order valence-corrected chi connectivity index (χ0v) is 14.9. The van der Waals surface area contributed by atoms with Crippen LogP contribution in [-0.4, -0.2) is 26.8 Å². The highest BCUT2D eigenvalue weighted by atomic mass is 32.2. The number of aromatic amines is 1. The predicted molar refractivity (Wildman–Crippen MR) is 101 cm³/mol. The molecule has 0 bridgehead atoms. The number of aromatic carboxylic acids is 1. The Balaban J connectivity index is 1.59. The van der Waals surface area contributed by atoms with E-state index >= 15 is 0 Å². The molecular weight excluding hydrogens is 356 g/mol. The first-order chi connectivity index (χ1) is 12.1. The van der Waals surface area contributed by atoms with Crippen molar-refractivity contribution in [2.75, 3.05) is 5.75 Å². The van der Waals surface area contributed by atoms with Crippen LogP contribution in [0, 0.1) is 0 Å². The van der Waals surface area contributed by atoms with E-state index in [4.69, 9.17) is 5.11 Å². The summed E-state index contributed by atoms with van der Waals surface area (Å²) in [6.07, 6.45) is 1.69. The van der Waals surface area contributed by atoms with Gasteiger partial charge in [-0.1, -0.05) is 42.1 Å². The topological polar surface area (TPSA) is 83.0 Å². The molecule has 0 saturated heterocycles. The minimum absolute atomic E-state index is 0.166. The maximum absolute atomic E-state index is 11.8. The van der Waals surface area contributed by atoms with E-state index in [1.807, 2.05) is 36.4 Å². The summed E-state index contributed by atoms with van der Waals surface area (Å²) in [6, 6.07) is 14.6. The SMILES string of the molecule is O=C(O)c1ccc(CCCSc2nc(-c3ccccc3)cc(=O)[nH]2)s1. The molecule has 0 amide bonds. The van der Waals surface area contributed by atoms with Crippen LogP contribution in [0.25, 0.3) is 11.3 Å². The summed E-state index contributed by atoms with van der Waals surface area (Å²) < 4.78 is 0. The molecule has 0 aliphatic rings. The zero-order chi connectivity index (χ0) is 17.6. The van der Waals surface area contributed by atoms with Gasteiger partial charge in [-0.3, -0.25) is 4.79 Å². The number of thioether (sulfide) groups is 1. The lowest BCUT2D eigenvalue weighted by molar-refractivity contribution is 0.0702. The molecule has 1 aromatic carbocycles. The van der Waals surface area contributed by atoms with Gasteiger partial charge in [0.15, 0.2) is 5.16 Å². The van der Waals surface area contributed by atoms with Gasteiger partial charge in [-0.05, 0) is 25.0 Å². The molecule has 2 heterocycles. The largest absolute Gasteiger partial charge is 0.477 e. The number of nitrogens with zero attached hydrogens (tertiary/aromatic N) is 1. The molecular formula is C18H16N2O3S2. The van der Waals surface area contributed by atoms with Gasteiger partial charge in [-0.2, -0.15) is 0 Å². The first kappa shape index (κ1) is 17.4. The summed E-state index contributed by atoms with van der Waals surface area (Å²) in [4.78, 5) is 31.4. The van der Waals surface area contributed by atoms with Gasteiger partial charge in [0, 0.05) is 22.3 Å². The highest BCUT2D eigenvalue weighted by Crippen LogP contribution is 2.21. The number of nitrogens with one attached hydrogen (secondary N) is 1. The van der Waals surface area contributed by atoms with Crippen molar-refractivity contribution in [3.8, 4) is 11.3 Å². The Bertz CT molecular complexity index is 919. The molecule has 3 aromatic rings. The lowest BCUT2D eigenvalue weighted by Gasteiger charge is -2.04. The van der Waals surface area contributed by atoms with Gasteiger partial charge in [0.2, 0.25) is 0 Å². The van der Waals surface area contributed by atoms with Crippen LogP contribution in [0.3, 0.4) is 0 Å². The number of aromatic nitrogens is 2. The fourth-order valence-electron chi connectivity index (χ4n) is 2.30. The first-order valence-corrected chi connectivity index (χ1v) is 9.53. The molecule has 3 rings (SSSR count). The van der Waals surface area contributed by atoms with Crippen molar-refractivity contribution in [3.63, 3.8) is 0 Å². The van der Waals surface area contributed by atoms with E-state index in [1.54, 1.807) is 6.07 Å². The van der Waals surface area contributed by atoms with Crippen molar-refractivity contribution in [3.05, 3.63) is 68.6 Å². The first-order valence-electron chi connectivity index (χ1n) is 7.73. The molecule has 128 valence electrons. The van der Waals surface area contributed by atoms with Gasteiger partial charge in [0.1, 0.15) is 4.88 Å². The number of hydrogen-bond acceptors (Lipinski definition) is 5. The summed E-state index contributed by atoms with van der Waals surface area (Å²) in [6.45, 7) is 0. The Morgan fingerprint density at radius 1 is 1.20 bits per heavy atom. The maximum Gasteiger partial charge on any atom is 0.345 e. The summed E-state index contributed by atoms with van der Waals surface area (Å²) in [5.74, 6) is -0.0910. The van der Waals surface area contributed by atoms with Crippen LogP contribution in [0.2, 0.25) is 0 Å². The minimum Gasteiger partial charge on any atom is -0.477 e. The second-order valence-corrected chi connectivity index (χ2v) is 7.58. The standard InChI is InChI=1S/C18H16N2O3S2/c21-16-11-14(12-5-2-1-3-6-12)19-18(20-16)24-10-4-7-13-8-9-15(25-13)17(22)23/h1-3,5-6,8-9,11H,4,7,10H2,(H,22,23)(H,19,20,21). The van der Waals surface area contributed by atoms with E-state index < -0.39 is 5.97 Å². The number of benzene rings is 1. The highest BCUT2D eigenvalue weighted by molar-refractivity contribution is 7.99. The monoisotopic (exact) mass is 372 g/mol. The number of thiophene rings is 1. The molecule has 0 aliphatic carbocycles. The molecule has 0 spiro atoms. The number of carbonyl (C=O) groups is 1. The lowest BCUT2D eigenvalue weighted by atomic mass is 10.1. The molecule has 0 radical (unpaired) electrons. The third kappa shape index (κ3) is 4.80. The Labute approximate surface area is 152 Å². The molecule has 0 atom stereocenters. The van der Waals surface area contributed by atoms with E-state index in [9.17, 15) is 9.59 Å². The molecule has 7 heteroatoms. The number of aryl methyl sites for hydroxylation is 1. The predicted octanol–water partition coefficient (Wildman–Crippen LogP) is 3.92. The average Bonchev–Trinajstić information content (AvgIpc) is 3.08. The van der Waals surface area contributed by atoms with E-state index in [2.05, 4.69) is 9.97 Å². The normalized spacial score (nSPS) is 10.7. The Morgan fingerprint density at radius 3 is 2.72 bits per heavy atom. The summed E-state index contributed by atoms with van der Waals surface area (Å²) >= 11 is 2.80. The van der Waals surface area contributed by atoms with Crippen molar-refractivity contribution in [1.82, 2.24) is 9.97 Å². The average molecular weight is 372 g/mol. The van der Waals surface area contributed by atoms with Gasteiger partial charge in [-0.15, -0.1) is 11.3 Å². The second kappa shape index (κ2) is 8.13. The van der Waals surface area contributed by atoms with Crippen LogP contribution in [0.5, 0.6) is 0 Å². The quantitative estimate of drug-likeness (QED) is 0.373. The van der Waals surface area contributed by atoms with Crippen LogP contribution >= 0.6 is 23.1 Å². The molecule has 5 nitrogen and oxygen atoms in total. The van der Waals surface area contributed by atoms with Gasteiger partial charge in [-0.25, -0.2) is 9.78 Å². The number of hydrogen-bond donors (Lipinski definition) is 2. The van der Waals surface area contributed by atoms with Crippen LogP contribution in [0.15, 0.2) is 58.5 Å². The fraction of sp³-hybridized carbons (Fsp3) is 0.167. The van der Waals surface area contributed by atoms with Crippen LogP contribution < -0.4 is 5.56 Å². The van der Waals surface area contributed by atoms with Crippen LogP contribution in [-0.2, 0) is 6.42 Å². The lowest BCUT2D eigenvalue weighted by Crippen LogP contribution is -2.08. The van der Waals surface area contributed by atoms with E-state index in [0.717, 1.165) is 29.0 Å². The number of carboxylic acid groups (broad SMARTS) is 1. The van der Waals surface area contributed by atoms with Gasteiger partial charge in [0.05, 0.1) is 5.69 Å². The maximum atomic E-state index is 11.8. The molecule has 2 aromatic heterocycles. The Hall–Kier alpha value is -2.38. The van der Waals surface area contributed by atoms with E-state index in [0.29, 0.717) is 15.7 Å². The van der Waals surface area contributed by atoms with Gasteiger partial charge < -0.3 is 10.1 Å². The molecule has 0 unspecified atom stereocenters. The van der Waals surface area contributed by atoms with Crippen molar-refractivity contribution in [1.29, 1.82) is 0 Å². The fourth-order valence-corrected chi connectivity index (χ4v) is 4.01. The minimum atomic E-state index is -0.884. The third-order valence-corrected chi connectivity index (χ3v) is 5.56. The zero-order valence-electron chi connectivity index (χ0n) is 13.3. The molecule has 0 fully saturated rings. The van der Waals surface area contributed by atoms with Gasteiger partial charge >= 0.3 is 5.97 Å². The Morgan fingerprint density at radius 2 is 2.00 bits per heavy atom. The molecule has 25 heavy (non-hydrogen) atoms. The second-order valence-electron chi connectivity index (χ2n) is 5.32. The van der Waals surface area contributed by atoms with Crippen molar-refractivity contribution in [2.45, 2.75) is 18.0 Å². The van der Waals surface area contributed by atoms with Crippen molar-refractivity contribution in [2.24, 2.45) is 0 Å². The van der Waals surface area contributed by atoms with Gasteiger partial charge in [0.25, 0.3) is 5.56 Å². The summed E-state index contributed by atoms with van der Waals surface area (Å²) in [5.41, 5.74) is 1.41. The van der Waals surface area contributed by atoms with E-state index in [-0.39, 0.29) is 5.56 Å². The number of carboxylic acids is 1. The Kier molecular flexibility index (Phi) is 5.67. The summed E-state index contributed by atoms with van der Waals surface area (Å²) in [5, 5.41) is 9.53. The van der Waals surface area contributed by atoms with E-state index in [1.165, 1.54) is 29.2 Å². The molecule has 0 aliphatic heterocycles. The summed E-state index contributed by atoms with van der Waals surface area (Å²) in [7, 11) is 0. The molecule has 0 saturated carbocycles. The van der Waals surface area contributed by atoms with Crippen molar-refractivity contribution < 1.29 is 9.90 Å². The number of H-pyrrole nitrogens is 1. The highest BCUT2D eigenvalue weighted by Gasteiger charge is 2.07. The smallest absolute Gasteiger partial charge is 0.345 e. The van der Waals surface area contributed by atoms with Crippen LogP contribution in [0.4, 0.5) is 0 Å². The molecule has 2 N–H and O–H groups in total.